The number of carbonyl (C=O) groups is 2. The van der Waals surface area contributed by atoms with Gasteiger partial charge in [-0.15, -0.1) is 0 Å². The van der Waals surface area contributed by atoms with E-state index >= 15 is 0 Å². The summed E-state index contributed by atoms with van der Waals surface area (Å²) in [6, 6.07) is 0. The normalized spacial score (nSPS) is 13.6. The molecule has 0 heterocycles. The van der Waals surface area contributed by atoms with E-state index in [1.54, 1.807) is 19.0 Å². The highest BCUT2D eigenvalue weighted by atomic mass is 31.2. The lowest BCUT2D eigenvalue weighted by Crippen LogP contribution is -2.30. The third kappa shape index (κ3) is 40.0. The van der Waals surface area contributed by atoms with Crippen molar-refractivity contribution in [2.24, 2.45) is 0 Å². The Bertz CT molecular complexity index is 941. The number of ether oxygens (including phenoxy) is 2. The molecule has 0 radical (unpaired) electrons. The summed E-state index contributed by atoms with van der Waals surface area (Å²) in [6.45, 7) is 4.10. The summed E-state index contributed by atoms with van der Waals surface area (Å²) in [5, 5.41) is 0. The summed E-state index contributed by atoms with van der Waals surface area (Å²) < 4.78 is 33.0. The van der Waals surface area contributed by atoms with Crippen molar-refractivity contribution in [1.82, 2.24) is 4.90 Å². The number of unbranched alkanes of at least 4 members (excludes halogenated alkanes) is 22. The van der Waals surface area contributed by atoms with Crippen LogP contribution in [0, 0.1) is 0 Å². The number of hydrogen-bond acceptors (Lipinski definition) is 9. The molecule has 0 aromatic rings. The average Bonchev–Trinajstić information content (AvgIpc) is 3.12. The molecule has 0 rings (SSSR count). The summed E-state index contributed by atoms with van der Waals surface area (Å²) in [7, 11) is -1.01. The van der Waals surface area contributed by atoms with Gasteiger partial charge in [0.2, 0.25) is 0 Å². The SMILES string of the molecule is CCCCCCCC/C=C\CCCCCCCC(=O)OC[C@H](COP(=O)([O-])OCCN(C)C)OC(=O)CCCCCCC/C=C\CCCCCCCC. The first-order valence-corrected chi connectivity index (χ1v) is 23.1. The van der Waals surface area contributed by atoms with Gasteiger partial charge < -0.3 is 28.3 Å². The van der Waals surface area contributed by atoms with Crippen LogP contribution < -0.4 is 4.89 Å². The molecule has 0 aliphatic heterocycles. The van der Waals surface area contributed by atoms with Crippen molar-refractivity contribution in [1.29, 1.82) is 0 Å². The van der Waals surface area contributed by atoms with Crippen molar-refractivity contribution >= 4 is 19.8 Å². The van der Waals surface area contributed by atoms with E-state index in [0.29, 0.717) is 13.0 Å². The van der Waals surface area contributed by atoms with E-state index in [1.165, 1.54) is 89.9 Å². The molecule has 312 valence electrons. The maximum Gasteiger partial charge on any atom is 0.306 e. The molecule has 1 unspecified atom stereocenters. The van der Waals surface area contributed by atoms with E-state index < -0.39 is 32.5 Å². The molecule has 0 bridgehead atoms. The summed E-state index contributed by atoms with van der Waals surface area (Å²) >= 11 is 0. The average molecular weight is 771 g/mol. The van der Waals surface area contributed by atoms with Crippen LogP contribution in [0.3, 0.4) is 0 Å². The molecule has 53 heavy (non-hydrogen) atoms. The number of phosphoric acid groups is 1. The summed E-state index contributed by atoms with van der Waals surface area (Å²) in [6.07, 6.45) is 39.1. The highest BCUT2D eigenvalue weighted by Gasteiger charge is 2.21. The van der Waals surface area contributed by atoms with E-state index in [1.807, 2.05) is 0 Å². The van der Waals surface area contributed by atoms with Gasteiger partial charge in [-0.1, -0.05) is 141 Å². The quantitative estimate of drug-likeness (QED) is 0.0260. The fourth-order valence-corrected chi connectivity index (χ4v) is 6.57. The van der Waals surface area contributed by atoms with Crippen LogP contribution in [-0.4, -0.2) is 63.4 Å². The number of carbonyl (C=O) groups excluding carboxylic acids is 2. The van der Waals surface area contributed by atoms with Crippen molar-refractivity contribution in [2.45, 2.75) is 200 Å². The lowest BCUT2D eigenvalue weighted by atomic mass is 10.1. The first-order chi connectivity index (χ1) is 25.7. The Morgan fingerprint density at radius 2 is 0.962 bits per heavy atom. The van der Waals surface area contributed by atoms with E-state index in [-0.39, 0.29) is 26.1 Å². The highest BCUT2D eigenvalue weighted by Crippen LogP contribution is 2.38. The molecule has 0 aliphatic carbocycles. The van der Waals surface area contributed by atoms with Crippen LogP contribution in [0.4, 0.5) is 0 Å². The molecular formula is C43H81NO8P-. The molecule has 10 heteroatoms. The van der Waals surface area contributed by atoms with Gasteiger partial charge in [-0.2, -0.15) is 0 Å². The Morgan fingerprint density at radius 1 is 0.566 bits per heavy atom. The number of nitrogens with zero attached hydrogens (tertiary/aromatic N) is 1. The van der Waals surface area contributed by atoms with Crippen LogP contribution >= 0.6 is 7.82 Å². The first kappa shape index (κ1) is 51.5. The first-order valence-electron chi connectivity index (χ1n) is 21.6. The van der Waals surface area contributed by atoms with Crippen molar-refractivity contribution in [3.8, 4) is 0 Å². The van der Waals surface area contributed by atoms with Crippen molar-refractivity contribution in [3.63, 3.8) is 0 Å². The van der Waals surface area contributed by atoms with Crippen molar-refractivity contribution in [3.05, 3.63) is 24.3 Å². The minimum Gasteiger partial charge on any atom is -0.756 e. The monoisotopic (exact) mass is 771 g/mol. The van der Waals surface area contributed by atoms with Crippen LogP contribution in [0.25, 0.3) is 0 Å². The predicted octanol–water partition coefficient (Wildman–Crippen LogP) is 11.6. The lowest BCUT2D eigenvalue weighted by Gasteiger charge is -2.26. The third-order valence-corrected chi connectivity index (χ3v) is 10.2. The molecule has 0 saturated heterocycles. The van der Waals surface area contributed by atoms with E-state index in [4.69, 9.17) is 18.5 Å². The van der Waals surface area contributed by atoms with Crippen LogP contribution in [0.2, 0.25) is 0 Å². The van der Waals surface area contributed by atoms with E-state index in [9.17, 15) is 19.0 Å². The zero-order valence-electron chi connectivity index (χ0n) is 34.7. The smallest absolute Gasteiger partial charge is 0.306 e. The van der Waals surface area contributed by atoms with Gasteiger partial charge in [-0.05, 0) is 78.3 Å². The largest absolute Gasteiger partial charge is 0.756 e. The number of phosphoric ester groups is 1. The van der Waals surface area contributed by atoms with Crippen LogP contribution in [-0.2, 0) is 32.7 Å². The molecule has 0 aliphatic rings. The van der Waals surface area contributed by atoms with Gasteiger partial charge >= 0.3 is 11.9 Å². The standard InChI is InChI=1S/C43H82NO8P/c1-5-7-9-11-13-15-17-19-21-23-25-27-29-31-33-35-42(45)49-39-41(40-51-53(47,48)50-38-37-44(3)4)52-43(46)36-34-32-30-28-26-24-22-20-18-16-14-12-10-8-6-2/h19-22,41H,5-18,23-40H2,1-4H3,(H,47,48)/p-1/b21-19-,22-20-/t41-/m1/s1. The second-order valence-electron chi connectivity index (χ2n) is 14.8. The molecule has 0 fully saturated rings. The fraction of sp³-hybridized carbons (Fsp3) is 0.860. The predicted molar refractivity (Wildman–Crippen MR) is 218 cm³/mol. The van der Waals surface area contributed by atoms with E-state index in [0.717, 1.165) is 70.6 Å². The molecule has 0 spiro atoms. The van der Waals surface area contributed by atoms with Gasteiger partial charge in [-0.25, -0.2) is 0 Å². The zero-order chi connectivity index (χ0) is 39.1. The topological polar surface area (TPSA) is 114 Å². The summed E-state index contributed by atoms with van der Waals surface area (Å²) in [4.78, 5) is 39.1. The second-order valence-corrected chi connectivity index (χ2v) is 16.3. The third-order valence-electron chi connectivity index (χ3n) is 9.22. The molecule has 0 aromatic carbocycles. The van der Waals surface area contributed by atoms with Crippen LogP contribution in [0.5, 0.6) is 0 Å². The van der Waals surface area contributed by atoms with Crippen molar-refractivity contribution in [2.75, 3.05) is 40.5 Å². The zero-order valence-corrected chi connectivity index (χ0v) is 35.6. The van der Waals surface area contributed by atoms with Gasteiger partial charge in [0.1, 0.15) is 6.61 Å². The van der Waals surface area contributed by atoms with Crippen LogP contribution in [0.1, 0.15) is 194 Å². The number of esters is 2. The number of rotatable bonds is 40. The fourth-order valence-electron chi connectivity index (χ4n) is 5.85. The molecule has 0 saturated carbocycles. The number of allylic oxidation sites excluding steroid dienone is 4. The molecule has 0 aromatic heterocycles. The molecule has 9 nitrogen and oxygen atoms in total. The molecular weight excluding hydrogens is 689 g/mol. The Labute approximate surface area is 326 Å². The molecule has 0 N–H and O–H groups in total. The minimum atomic E-state index is -4.61. The van der Waals surface area contributed by atoms with E-state index in [2.05, 4.69) is 38.2 Å². The van der Waals surface area contributed by atoms with Gasteiger partial charge in [0.05, 0.1) is 13.2 Å². The molecule has 2 atom stereocenters. The Hall–Kier alpha value is -1.51. The van der Waals surface area contributed by atoms with Gasteiger partial charge in [0.15, 0.2) is 6.10 Å². The summed E-state index contributed by atoms with van der Waals surface area (Å²) in [5.74, 6) is -0.854. The minimum absolute atomic E-state index is 0.0569. The maximum atomic E-state index is 12.6. The van der Waals surface area contributed by atoms with Crippen molar-refractivity contribution < 1.29 is 37.6 Å². The summed E-state index contributed by atoms with van der Waals surface area (Å²) in [5.41, 5.74) is 0. The lowest BCUT2D eigenvalue weighted by molar-refractivity contribution is -0.228. The Kier molecular flexibility index (Phi) is 37.6. The van der Waals surface area contributed by atoms with Gasteiger partial charge in [0.25, 0.3) is 7.82 Å². The Balaban J connectivity index is 4.32. The Morgan fingerprint density at radius 3 is 1.40 bits per heavy atom. The van der Waals surface area contributed by atoms with Gasteiger partial charge in [-0.3, -0.25) is 14.2 Å². The number of hydrogen-bond donors (Lipinski definition) is 0. The maximum absolute atomic E-state index is 12.6. The highest BCUT2D eigenvalue weighted by molar-refractivity contribution is 7.45. The van der Waals surface area contributed by atoms with Gasteiger partial charge in [0, 0.05) is 19.4 Å². The second kappa shape index (κ2) is 38.8. The number of likely N-dealkylation sites (N-methyl/N-ethyl adjacent to an activating group) is 1. The van der Waals surface area contributed by atoms with Crippen LogP contribution in [0.15, 0.2) is 24.3 Å². The molecule has 0 amide bonds.